The van der Waals surface area contributed by atoms with Gasteiger partial charge in [0.1, 0.15) is 11.3 Å². The van der Waals surface area contributed by atoms with Gasteiger partial charge in [0.25, 0.3) is 0 Å². The van der Waals surface area contributed by atoms with Crippen LogP contribution in [0.3, 0.4) is 0 Å². The summed E-state index contributed by atoms with van der Waals surface area (Å²) >= 11 is 6.21. The molecule has 0 unspecified atom stereocenters. The molecule has 0 aliphatic heterocycles. The number of hydrogen-bond acceptors (Lipinski definition) is 3. The molecular formula is C15H12ClNO2. The Morgan fingerprint density at radius 2 is 1.89 bits per heavy atom. The SMILES string of the molecule is Cc1nc2cc(-c3ccc(O)c(C)c3)cc(Cl)c2o1. The van der Waals surface area contributed by atoms with Gasteiger partial charge in [-0.1, -0.05) is 17.7 Å². The summed E-state index contributed by atoms with van der Waals surface area (Å²) in [5.74, 6) is 0.879. The van der Waals surface area contributed by atoms with E-state index in [4.69, 9.17) is 16.0 Å². The molecule has 0 aliphatic carbocycles. The summed E-state index contributed by atoms with van der Waals surface area (Å²) in [5.41, 5.74) is 4.11. The normalized spacial score (nSPS) is 11.1. The Balaban J connectivity index is 2.21. The molecule has 4 heteroatoms. The lowest BCUT2D eigenvalue weighted by molar-refractivity contribution is 0.471. The zero-order chi connectivity index (χ0) is 13.6. The van der Waals surface area contributed by atoms with Crippen LogP contribution >= 0.6 is 11.6 Å². The summed E-state index contributed by atoms with van der Waals surface area (Å²) in [4.78, 5) is 4.30. The number of benzene rings is 2. The number of aromatic nitrogens is 1. The van der Waals surface area contributed by atoms with E-state index in [-0.39, 0.29) is 5.75 Å². The lowest BCUT2D eigenvalue weighted by Crippen LogP contribution is -1.82. The van der Waals surface area contributed by atoms with E-state index in [1.807, 2.05) is 31.2 Å². The van der Waals surface area contributed by atoms with Crippen LogP contribution in [0.15, 0.2) is 34.7 Å². The second-order valence-corrected chi connectivity index (χ2v) is 4.95. The number of oxazole rings is 1. The van der Waals surface area contributed by atoms with Gasteiger partial charge in [0.2, 0.25) is 0 Å². The van der Waals surface area contributed by atoms with Crippen molar-refractivity contribution >= 4 is 22.7 Å². The summed E-state index contributed by atoms with van der Waals surface area (Å²) in [6.07, 6.45) is 0. The summed E-state index contributed by atoms with van der Waals surface area (Å²) in [6.45, 7) is 3.65. The first-order valence-electron chi connectivity index (χ1n) is 5.91. The summed E-state index contributed by atoms with van der Waals surface area (Å²) < 4.78 is 5.45. The third kappa shape index (κ3) is 2.06. The second-order valence-electron chi connectivity index (χ2n) is 4.54. The van der Waals surface area contributed by atoms with Crippen molar-refractivity contribution in [2.75, 3.05) is 0 Å². The number of phenols is 1. The first kappa shape index (κ1) is 12.1. The molecule has 3 aromatic rings. The Hall–Kier alpha value is -2.00. The highest BCUT2D eigenvalue weighted by atomic mass is 35.5. The number of aryl methyl sites for hydroxylation is 2. The van der Waals surface area contributed by atoms with Gasteiger partial charge in [-0.05, 0) is 47.9 Å². The molecule has 19 heavy (non-hydrogen) atoms. The molecular weight excluding hydrogens is 262 g/mol. The van der Waals surface area contributed by atoms with Crippen LogP contribution in [0, 0.1) is 13.8 Å². The average Bonchev–Trinajstić information content (AvgIpc) is 2.74. The van der Waals surface area contributed by atoms with Crippen LogP contribution in [0.1, 0.15) is 11.5 Å². The topological polar surface area (TPSA) is 46.3 Å². The minimum Gasteiger partial charge on any atom is -0.508 e. The van der Waals surface area contributed by atoms with Crippen molar-refractivity contribution in [3.63, 3.8) is 0 Å². The molecule has 1 heterocycles. The van der Waals surface area contributed by atoms with Crippen LogP contribution in [0.2, 0.25) is 5.02 Å². The molecule has 0 spiro atoms. The van der Waals surface area contributed by atoms with Crippen molar-refractivity contribution in [1.29, 1.82) is 0 Å². The Labute approximate surface area is 115 Å². The highest BCUT2D eigenvalue weighted by Gasteiger charge is 2.10. The number of nitrogens with zero attached hydrogens (tertiary/aromatic N) is 1. The van der Waals surface area contributed by atoms with Crippen LogP contribution in [-0.2, 0) is 0 Å². The van der Waals surface area contributed by atoms with Crippen LogP contribution in [0.5, 0.6) is 5.75 Å². The predicted molar refractivity (Wildman–Crippen MR) is 75.6 cm³/mol. The number of hydrogen-bond donors (Lipinski definition) is 1. The van der Waals surface area contributed by atoms with E-state index in [1.165, 1.54) is 0 Å². The zero-order valence-corrected chi connectivity index (χ0v) is 11.3. The maximum absolute atomic E-state index is 9.57. The maximum Gasteiger partial charge on any atom is 0.192 e. The molecule has 3 rings (SSSR count). The van der Waals surface area contributed by atoms with E-state index in [0.717, 1.165) is 22.2 Å². The van der Waals surface area contributed by atoms with Gasteiger partial charge in [-0.3, -0.25) is 0 Å². The van der Waals surface area contributed by atoms with Crippen LogP contribution < -0.4 is 0 Å². The van der Waals surface area contributed by atoms with E-state index < -0.39 is 0 Å². The maximum atomic E-state index is 9.57. The Kier molecular flexibility index (Phi) is 2.72. The van der Waals surface area contributed by atoms with E-state index in [1.54, 1.807) is 13.0 Å². The van der Waals surface area contributed by atoms with E-state index in [2.05, 4.69) is 4.98 Å². The monoisotopic (exact) mass is 273 g/mol. The minimum absolute atomic E-state index is 0.285. The van der Waals surface area contributed by atoms with Gasteiger partial charge in [-0.15, -0.1) is 0 Å². The zero-order valence-electron chi connectivity index (χ0n) is 10.6. The number of aromatic hydroxyl groups is 1. The second kappa shape index (κ2) is 4.28. The molecule has 1 aromatic heterocycles. The first-order chi connectivity index (χ1) is 9.04. The highest BCUT2D eigenvalue weighted by Crippen LogP contribution is 2.32. The Morgan fingerprint density at radius 3 is 2.63 bits per heavy atom. The molecule has 1 N–H and O–H groups in total. The quantitative estimate of drug-likeness (QED) is 0.711. The van der Waals surface area contributed by atoms with Crippen molar-refractivity contribution in [2.45, 2.75) is 13.8 Å². The molecule has 0 amide bonds. The Morgan fingerprint density at radius 1 is 1.11 bits per heavy atom. The summed E-state index contributed by atoms with van der Waals surface area (Å²) in [6, 6.07) is 9.23. The highest BCUT2D eigenvalue weighted by molar-refractivity contribution is 6.35. The van der Waals surface area contributed by atoms with E-state index in [9.17, 15) is 5.11 Å². The van der Waals surface area contributed by atoms with Crippen molar-refractivity contribution < 1.29 is 9.52 Å². The summed E-state index contributed by atoms with van der Waals surface area (Å²) in [5, 5.41) is 10.1. The van der Waals surface area contributed by atoms with Gasteiger partial charge in [0, 0.05) is 6.92 Å². The van der Waals surface area contributed by atoms with Gasteiger partial charge >= 0.3 is 0 Å². The molecule has 0 atom stereocenters. The molecule has 0 saturated heterocycles. The average molecular weight is 274 g/mol. The van der Waals surface area contributed by atoms with Gasteiger partial charge in [-0.25, -0.2) is 4.98 Å². The summed E-state index contributed by atoms with van der Waals surface area (Å²) in [7, 11) is 0. The third-order valence-corrected chi connectivity index (χ3v) is 3.36. The molecule has 0 fully saturated rings. The first-order valence-corrected chi connectivity index (χ1v) is 6.29. The fourth-order valence-corrected chi connectivity index (χ4v) is 2.36. The predicted octanol–water partition coefficient (Wildman–Crippen LogP) is 4.47. The number of phenolic OH excluding ortho intramolecular Hbond substituents is 1. The number of halogens is 1. The van der Waals surface area contributed by atoms with Crippen molar-refractivity contribution in [3.8, 4) is 16.9 Å². The van der Waals surface area contributed by atoms with Crippen molar-refractivity contribution in [1.82, 2.24) is 4.98 Å². The van der Waals surface area contributed by atoms with Crippen molar-refractivity contribution in [3.05, 3.63) is 46.8 Å². The molecule has 0 radical (unpaired) electrons. The van der Waals surface area contributed by atoms with Gasteiger partial charge < -0.3 is 9.52 Å². The number of fused-ring (bicyclic) bond motifs is 1. The fraction of sp³-hybridized carbons (Fsp3) is 0.133. The molecule has 0 saturated carbocycles. The molecule has 0 aliphatic rings. The third-order valence-electron chi connectivity index (χ3n) is 3.08. The fourth-order valence-electron chi connectivity index (χ4n) is 2.10. The lowest BCUT2D eigenvalue weighted by Gasteiger charge is -2.05. The minimum atomic E-state index is 0.285. The van der Waals surface area contributed by atoms with E-state index >= 15 is 0 Å². The van der Waals surface area contributed by atoms with Crippen LogP contribution in [0.4, 0.5) is 0 Å². The Bertz CT molecular complexity index is 777. The molecule has 96 valence electrons. The van der Waals surface area contributed by atoms with Gasteiger partial charge in [-0.2, -0.15) is 0 Å². The molecule has 2 aromatic carbocycles. The number of rotatable bonds is 1. The smallest absolute Gasteiger partial charge is 0.192 e. The van der Waals surface area contributed by atoms with Crippen LogP contribution in [-0.4, -0.2) is 10.1 Å². The van der Waals surface area contributed by atoms with Gasteiger partial charge in [0.05, 0.1) is 5.02 Å². The van der Waals surface area contributed by atoms with Gasteiger partial charge in [0.15, 0.2) is 11.5 Å². The molecule has 3 nitrogen and oxygen atoms in total. The largest absolute Gasteiger partial charge is 0.508 e. The van der Waals surface area contributed by atoms with Crippen molar-refractivity contribution in [2.24, 2.45) is 0 Å². The molecule has 0 bridgehead atoms. The lowest BCUT2D eigenvalue weighted by atomic mass is 10.0. The van der Waals surface area contributed by atoms with Crippen LogP contribution in [0.25, 0.3) is 22.2 Å². The van der Waals surface area contributed by atoms with E-state index in [0.29, 0.717) is 16.5 Å². The standard InChI is InChI=1S/C15H12ClNO2/c1-8-5-10(3-4-14(8)18)11-6-12(16)15-13(7-11)17-9(2)19-15/h3-7,18H,1-2H3.